The molecule has 1 aliphatic rings. The summed E-state index contributed by atoms with van der Waals surface area (Å²) < 4.78 is 5.41. The molecule has 6 nitrogen and oxygen atoms in total. The molecule has 24 heavy (non-hydrogen) atoms. The standard InChI is InChI=1S/C18H18N4O2/c1-10(2)18-17-13(6-19-7-15(17)21-22-18)11-3-4-14-12(5-11)8-24-9-16(23)20-14/h3-7,10H,8-9H2,1-2H3,(H,20,23)(H,21,22). The quantitative estimate of drug-likeness (QED) is 0.759. The number of benzene rings is 1. The first-order valence-electron chi connectivity index (χ1n) is 7.96. The zero-order valence-electron chi connectivity index (χ0n) is 13.6. The van der Waals surface area contributed by atoms with E-state index in [1.165, 1.54) is 0 Å². The van der Waals surface area contributed by atoms with Gasteiger partial charge in [-0.05, 0) is 23.6 Å². The van der Waals surface area contributed by atoms with Crippen molar-refractivity contribution in [1.82, 2.24) is 15.2 Å². The molecule has 1 aliphatic heterocycles. The van der Waals surface area contributed by atoms with Crippen molar-refractivity contribution in [3.63, 3.8) is 0 Å². The second-order valence-electron chi connectivity index (χ2n) is 6.29. The molecule has 6 heteroatoms. The van der Waals surface area contributed by atoms with Crippen molar-refractivity contribution in [2.75, 3.05) is 11.9 Å². The van der Waals surface area contributed by atoms with E-state index in [-0.39, 0.29) is 12.5 Å². The van der Waals surface area contributed by atoms with Crippen LogP contribution in [0.5, 0.6) is 0 Å². The van der Waals surface area contributed by atoms with E-state index in [9.17, 15) is 4.79 Å². The van der Waals surface area contributed by atoms with Crippen LogP contribution in [0.2, 0.25) is 0 Å². The predicted molar refractivity (Wildman–Crippen MR) is 91.7 cm³/mol. The molecule has 4 rings (SSSR count). The van der Waals surface area contributed by atoms with Gasteiger partial charge in [-0.15, -0.1) is 0 Å². The van der Waals surface area contributed by atoms with Crippen molar-refractivity contribution in [2.45, 2.75) is 26.4 Å². The molecule has 0 unspecified atom stereocenters. The van der Waals surface area contributed by atoms with E-state index in [0.29, 0.717) is 12.5 Å². The molecule has 0 saturated carbocycles. The van der Waals surface area contributed by atoms with Crippen LogP contribution in [0.3, 0.4) is 0 Å². The molecular formula is C18H18N4O2. The number of nitrogens with one attached hydrogen (secondary N) is 2. The maximum atomic E-state index is 11.6. The van der Waals surface area contributed by atoms with E-state index in [1.807, 2.05) is 18.3 Å². The van der Waals surface area contributed by atoms with Gasteiger partial charge < -0.3 is 10.1 Å². The molecule has 0 fully saturated rings. The van der Waals surface area contributed by atoms with Gasteiger partial charge in [0.15, 0.2) is 0 Å². The molecule has 2 N–H and O–H groups in total. The van der Waals surface area contributed by atoms with Crippen LogP contribution in [-0.4, -0.2) is 27.7 Å². The topological polar surface area (TPSA) is 79.9 Å². The first kappa shape index (κ1) is 14.8. The van der Waals surface area contributed by atoms with Crippen LogP contribution in [0, 0.1) is 0 Å². The van der Waals surface area contributed by atoms with Crippen molar-refractivity contribution in [3.05, 3.63) is 41.9 Å². The van der Waals surface area contributed by atoms with Crippen molar-refractivity contribution in [1.29, 1.82) is 0 Å². The summed E-state index contributed by atoms with van der Waals surface area (Å²) in [6, 6.07) is 5.97. The van der Waals surface area contributed by atoms with E-state index in [2.05, 4.69) is 40.4 Å². The Hall–Kier alpha value is -2.73. The maximum Gasteiger partial charge on any atom is 0.250 e. The van der Waals surface area contributed by atoms with Gasteiger partial charge in [-0.1, -0.05) is 19.9 Å². The average Bonchev–Trinajstić information content (AvgIpc) is 2.91. The second-order valence-corrected chi connectivity index (χ2v) is 6.29. The molecule has 1 aromatic carbocycles. The van der Waals surface area contributed by atoms with E-state index < -0.39 is 0 Å². The van der Waals surface area contributed by atoms with Crippen LogP contribution in [0.1, 0.15) is 31.0 Å². The van der Waals surface area contributed by atoms with Crippen LogP contribution in [0.25, 0.3) is 22.0 Å². The first-order chi connectivity index (χ1) is 11.6. The Morgan fingerprint density at radius 1 is 1.21 bits per heavy atom. The summed E-state index contributed by atoms with van der Waals surface area (Å²) in [5.41, 5.74) is 5.79. The number of nitrogens with zero attached hydrogens (tertiary/aromatic N) is 2. The van der Waals surface area contributed by atoms with Crippen LogP contribution < -0.4 is 5.32 Å². The second kappa shape index (κ2) is 5.72. The van der Waals surface area contributed by atoms with E-state index in [1.54, 1.807) is 6.20 Å². The molecule has 3 aromatic rings. The van der Waals surface area contributed by atoms with Gasteiger partial charge in [-0.25, -0.2) is 0 Å². The molecule has 2 aromatic heterocycles. The summed E-state index contributed by atoms with van der Waals surface area (Å²) in [5.74, 6) is 0.210. The van der Waals surface area contributed by atoms with Crippen LogP contribution in [-0.2, 0) is 16.1 Å². The predicted octanol–water partition coefficient (Wildman–Crippen LogP) is 3.22. The molecule has 3 heterocycles. The molecule has 122 valence electrons. The van der Waals surface area contributed by atoms with Crippen molar-refractivity contribution < 1.29 is 9.53 Å². The van der Waals surface area contributed by atoms with E-state index >= 15 is 0 Å². The normalized spacial score (nSPS) is 14.5. The zero-order valence-corrected chi connectivity index (χ0v) is 13.6. The fourth-order valence-electron chi connectivity index (χ4n) is 3.07. The number of pyridine rings is 1. The number of carbonyl (C=O) groups excluding carboxylic acids is 1. The van der Waals surface area contributed by atoms with Gasteiger partial charge in [0.2, 0.25) is 5.91 Å². The highest BCUT2D eigenvalue weighted by Crippen LogP contribution is 2.34. The van der Waals surface area contributed by atoms with Crippen molar-refractivity contribution in [3.8, 4) is 11.1 Å². The lowest BCUT2D eigenvalue weighted by atomic mass is 9.97. The summed E-state index contributed by atoms with van der Waals surface area (Å²) >= 11 is 0. The summed E-state index contributed by atoms with van der Waals surface area (Å²) in [6.45, 7) is 4.77. The van der Waals surface area contributed by atoms with Crippen LogP contribution >= 0.6 is 0 Å². The molecule has 0 aliphatic carbocycles. The smallest absolute Gasteiger partial charge is 0.250 e. The number of aromatic nitrogens is 3. The Labute approximate surface area is 139 Å². The molecule has 1 amide bonds. The lowest BCUT2D eigenvalue weighted by Crippen LogP contribution is -2.14. The zero-order chi connectivity index (χ0) is 16.7. The number of anilines is 1. The molecule has 0 spiro atoms. The van der Waals surface area contributed by atoms with Gasteiger partial charge >= 0.3 is 0 Å². The molecule has 0 radical (unpaired) electrons. The maximum absolute atomic E-state index is 11.6. The third kappa shape index (κ3) is 2.45. The van der Waals surface area contributed by atoms with Gasteiger partial charge in [0.1, 0.15) is 12.1 Å². The highest BCUT2D eigenvalue weighted by atomic mass is 16.5. The average molecular weight is 322 g/mol. The molecule has 0 bridgehead atoms. The Balaban J connectivity index is 1.88. The number of ether oxygens (including phenoxy) is 1. The fraction of sp³-hybridized carbons (Fsp3) is 0.278. The summed E-state index contributed by atoms with van der Waals surface area (Å²) in [7, 11) is 0. The third-order valence-electron chi connectivity index (χ3n) is 4.25. The van der Waals surface area contributed by atoms with E-state index in [4.69, 9.17) is 4.74 Å². The van der Waals surface area contributed by atoms with Gasteiger partial charge in [0.05, 0.1) is 12.8 Å². The lowest BCUT2D eigenvalue weighted by Gasteiger charge is -2.11. The Morgan fingerprint density at radius 3 is 2.92 bits per heavy atom. The van der Waals surface area contributed by atoms with Crippen molar-refractivity contribution in [2.24, 2.45) is 0 Å². The number of hydrogen-bond acceptors (Lipinski definition) is 4. The lowest BCUT2D eigenvalue weighted by molar-refractivity contribution is -0.120. The number of carbonyl (C=O) groups is 1. The number of fused-ring (bicyclic) bond motifs is 2. The number of amides is 1. The van der Waals surface area contributed by atoms with Crippen LogP contribution in [0.15, 0.2) is 30.6 Å². The molecule has 0 saturated heterocycles. The van der Waals surface area contributed by atoms with Gasteiger partial charge in [-0.3, -0.25) is 14.9 Å². The highest BCUT2D eigenvalue weighted by Gasteiger charge is 2.17. The van der Waals surface area contributed by atoms with E-state index in [0.717, 1.165) is 39.0 Å². The minimum absolute atomic E-state index is 0.0837. The summed E-state index contributed by atoms with van der Waals surface area (Å²) in [5, 5.41) is 11.5. The Morgan fingerprint density at radius 2 is 2.08 bits per heavy atom. The SMILES string of the molecule is CC(C)c1[nH]nc2cncc(-c3ccc4c(c3)COCC(=O)N4)c12. The number of aromatic amines is 1. The summed E-state index contributed by atoms with van der Waals surface area (Å²) in [4.78, 5) is 15.9. The Kier molecular flexibility index (Phi) is 3.54. The first-order valence-corrected chi connectivity index (χ1v) is 7.96. The number of hydrogen-bond donors (Lipinski definition) is 2. The van der Waals surface area contributed by atoms with Crippen LogP contribution in [0.4, 0.5) is 5.69 Å². The minimum atomic E-state index is -0.123. The van der Waals surface area contributed by atoms with Gasteiger partial charge in [0, 0.05) is 34.1 Å². The minimum Gasteiger partial charge on any atom is -0.367 e. The molecule has 0 atom stereocenters. The third-order valence-corrected chi connectivity index (χ3v) is 4.25. The summed E-state index contributed by atoms with van der Waals surface area (Å²) in [6.07, 6.45) is 3.63. The fourth-order valence-corrected chi connectivity index (χ4v) is 3.07. The molecular weight excluding hydrogens is 304 g/mol. The number of H-pyrrole nitrogens is 1. The monoisotopic (exact) mass is 322 g/mol. The Bertz CT molecular complexity index is 930. The van der Waals surface area contributed by atoms with Gasteiger partial charge in [-0.2, -0.15) is 5.10 Å². The van der Waals surface area contributed by atoms with Crippen molar-refractivity contribution >= 4 is 22.5 Å². The largest absolute Gasteiger partial charge is 0.367 e. The highest BCUT2D eigenvalue weighted by molar-refractivity contribution is 5.97. The van der Waals surface area contributed by atoms with Gasteiger partial charge in [0.25, 0.3) is 0 Å². The number of rotatable bonds is 2.